The molecule has 0 aromatic heterocycles. The fourth-order valence-corrected chi connectivity index (χ4v) is 8.45. The topological polar surface area (TPSA) is 275 Å². The number of esters is 1. The molecular formula is C31H43N3O16. The third-order valence-corrected chi connectivity index (χ3v) is 10.5. The molecule has 0 aliphatic heterocycles. The number of rotatable bonds is 17. The number of aliphatic hydroxyl groups excluding tert-OH is 1. The number of carboxylic acids is 1. The second-order valence-corrected chi connectivity index (χ2v) is 13.5. The Hall–Kier alpha value is -4.68. The fourth-order valence-electron chi connectivity index (χ4n) is 8.45. The normalized spacial score (nSPS) is 29.7. The lowest BCUT2D eigenvalue weighted by atomic mass is 9.46. The van der Waals surface area contributed by atoms with E-state index in [1.54, 1.807) is 12.2 Å². The van der Waals surface area contributed by atoms with Crippen LogP contribution >= 0.6 is 0 Å². The number of aliphatic hydroxyl groups is 1. The Labute approximate surface area is 286 Å². The molecule has 0 spiro atoms. The SMILES string of the molecule is CC12C=CC(=O)C=C1CCC1C2C(O)CC2(C)C(C(=O)COC(=O)CCCC(CO[N+](=O)[O-])O[N+](=O)[O-])CCC12.O=C(O)CCCO[N+](=O)[O-]. The van der Waals surface area contributed by atoms with Crippen LogP contribution in [-0.2, 0) is 38.4 Å². The van der Waals surface area contributed by atoms with Gasteiger partial charge in [-0.25, -0.2) is 0 Å². The molecule has 8 unspecified atom stereocenters. The van der Waals surface area contributed by atoms with Crippen molar-refractivity contribution in [3.8, 4) is 0 Å². The molecular weight excluding hydrogens is 670 g/mol. The monoisotopic (exact) mass is 713 g/mol. The number of nitrogens with zero attached hydrogens (tertiary/aromatic N) is 3. The maximum Gasteiger partial charge on any atom is 0.306 e. The molecule has 0 heterocycles. The molecule has 3 saturated carbocycles. The van der Waals surface area contributed by atoms with Gasteiger partial charge in [0, 0.05) is 30.1 Å². The average Bonchev–Trinajstić information content (AvgIpc) is 3.37. The molecule has 3 fully saturated rings. The zero-order valence-electron chi connectivity index (χ0n) is 27.8. The number of fused-ring (bicyclic) bond motifs is 5. The van der Waals surface area contributed by atoms with Crippen LogP contribution in [0.5, 0.6) is 0 Å². The van der Waals surface area contributed by atoms with E-state index >= 15 is 0 Å². The molecule has 19 heteroatoms. The maximum absolute atomic E-state index is 13.3. The average molecular weight is 714 g/mol. The molecule has 0 amide bonds. The molecule has 2 N–H and O–H groups in total. The van der Waals surface area contributed by atoms with E-state index in [1.807, 2.05) is 6.08 Å². The van der Waals surface area contributed by atoms with Crippen LogP contribution in [0.15, 0.2) is 23.8 Å². The molecule has 19 nitrogen and oxygen atoms in total. The van der Waals surface area contributed by atoms with Gasteiger partial charge >= 0.3 is 11.9 Å². The van der Waals surface area contributed by atoms with Crippen LogP contribution in [0.25, 0.3) is 0 Å². The van der Waals surface area contributed by atoms with Crippen molar-refractivity contribution >= 4 is 23.5 Å². The summed E-state index contributed by atoms with van der Waals surface area (Å²) >= 11 is 0. The minimum Gasteiger partial charge on any atom is -0.481 e. The molecule has 0 aromatic rings. The summed E-state index contributed by atoms with van der Waals surface area (Å²) in [4.78, 5) is 90.0. The van der Waals surface area contributed by atoms with E-state index in [0.29, 0.717) is 12.8 Å². The maximum atomic E-state index is 13.3. The summed E-state index contributed by atoms with van der Waals surface area (Å²) in [5.74, 6) is -1.79. The molecule has 0 saturated heterocycles. The fraction of sp³-hybridized carbons (Fsp3) is 0.742. The Kier molecular flexibility index (Phi) is 13.8. The van der Waals surface area contributed by atoms with Gasteiger partial charge in [0.1, 0.15) is 19.3 Å². The molecule has 0 bridgehead atoms. The number of hydrogen-bond acceptors (Lipinski definition) is 15. The number of aliphatic carboxylic acids is 1. The third kappa shape index (κ3) is 10.2. The second kappa shape index (κ2) is 17.3. The molecule has 8 atom stereocenters. The summed E-state index contributed by atoms with van der Waals surface area (Å²) in [6.07, 6.45) is 6.93. The highest BCUT2D eigenvalue weighted by Gasteiger charge is 2.62. The first kappa shape index (κ1) is 39.8. The van der Waals surface area contributed by atoms with Crippen LogP contribution in [0.3, 0.4) is 0 Å². The first-order chi connectivity index (χ1) is 23.5. The quantitative estimate of drug-likeness (QED) is 0.0948. The Balaban J connectivity index is 0.000000588. The van der Waals surface area contributed by atoms with Gasteiger partial charge in [-0.05, 0) is 80.8 Å². The van der Waals surface area contributed by atoms with Crippen molar-refractivity contribution in [3.05, 3.63) is 54.1 Å². The summed E-state index contributed by atoms with van der Waals surface area (Å²) in [6.45, 7) is 2.96. The molecule has 278 valence electrons. The van der Waals surface area contributed by atoms with Crippen molar-refractivity contribution in [2.75, 3.05) is 19.8 Å². The van der Waals surface area contributed by atoms with Gasteiger partial charge in [0.25, 0.3) is 15.3 Å². The summed E-state index contributed by atoms with van der Waals surface area (Å²) in [5.41, 5.74) is 0.261. The van der Waals surface area contributed by atoms with E-state index < -0.39 is 58.0 Å². The standard InChI is InChI=1S/C27H36N2O11.C4H7NO5/c1-26-11-10-17(30)12-16(26)6-7-19-20-8-9-21(27(20,2)13-22(31)25(19)26)23(32)15-38-24(33)5-3-4-18(40-29(36)37)14-39-28(34)35;6-4(7)2-1-3-10-5(8)9/h10-12,18-22,25,31H,3-9,13-15H2,1-2H3;1-3H2,(H,6,7). The highest BCUT2D eigenvalue weighted by molar-refractivity contribution is 6.01. The molecule has 4 aliphatic carbocycles. The number of allylic oxidation sites excluding steroid dienone is 4. The van der Waals surface area contributed by atoms with Crippen LogP contribution < -0.4 is 0 Å². The van der Waals surface area contributed by atoms with Crippen molar-refractivity contribution < 1.29 is 63.9 Å². The molecule has 0 aromatic carbocycles. The Morgan fingerprint density at radius 3 is 2.34 bits per heavy atom. The van der Waals surface area contributed by atoms with Crippen LogP contribution in [0.4, 0.5) is 0 Å². The number of carboxylic acid groups (broad SMARTS) is 1. The van der Waals surface area contributed by atoms with Gasteiger partial charge in [-0.2, -0.15) is 0 Å². The van der Waals surface area contributed by atoms with E-state index in [2.05, 4.69) is 28.4 Å². The van der Waals surface area contributed by atoms with Crippen LogP contribution in [0, 0.1) is 64.8 Å². The smallest absolute Gasteiger partial charge is 0.306 e. The first-order valence-corrected chi connectivity index (χ1v) is 16.4. The van der Waals surface area contributed by atoms with Gasteiger partial charge in [0.15, 0.2) is 11.6 Å². The molecule has 0 radical (unpaired) electrons. The second-order valence-electron chi connectivity index (χ2n) is 13.5. The number of ketones is 2. The van der Waals surface area contributed by atoms with E-state index in [0.717, 1.165) is 24.8 Å². The van der Waals surface area contributed by atoms with Gasteiger partial charge in [0.2, 0.25) is 0 Å². The van der Waals surface area contributed by atoms with E-state index in [1.165, 1.54) is 0 Å². The molecule has 50 heavy (non-hydrogen) atoms. The minimum atomic E-state index is -1.22. The number of Topliss-reactive ketones (excluding diaryl/α,β-unsaturated/α-hetero) is 1. The Bertz CT molecular complexity index is 1370. The number of carbonyl (C=O) groups excluding carboxylic acids is 3. The molecule has 4 aliphatic rings. The Morgan fingerprint density at radius 2 is 1.70 bits per heavy atom. The summed E-state index contributed by atoms with van der Waals surface area (Å²) in [7, 11) is 0. The lowest BCUT2D eigenvalue weighted by Crippen LogP contribution is -2.56. The van der Waals surface area contributed by atoms with Gasteiger partial charge in [-0.15, -0.1) is 30.3 Å². The van der Waals surface area contributed by atoms with Gasteiger partial charge in [0.05, 0.1) is 12.7 Å². The van der Waals surface area contributed by atoms with Crippen molar-refractivity contribution in [2.45, 2.75) is 90.3 Å². The lowest BCUT2D eigenvalue weighted by molar-refractivity contribution is -0.790. The van der Waals surface area contributed by atoms with Crippen LogP contribution in [0.2, 0.25) is 0 Å². The number of carbonyl (C=O) groups is 4. The predicted octanol–water partition coefficient (Wildman–Crippen LogP) is 3.01. The number of ether oxygens (including phenoxy) is 1. The van der Waals surface area contributed by atoms with Gasteiger partial charge < -0.3 is 29.5 Å². The first-order valence-electron chi connectivity index (χ1n) is 16.4. The minimum absolute atomic E-state index is 0.0179. The third-order valence-electron chi connectivity index (χ3n) is 10.5. The summed E-state index contributed by atoms with van der Waals surface area (Å²) in [6, 6.07) is 0. The van der Waals surface area contributed by atoms with Crippen LogP contribution in [0.1, 0.15) is 78.1 Å². The van der Waals surface area contributed by atoms with Gasteiger partial charge in [-0.1, -0.05) is 25.5 Å². The lowest BCUT2D eigenvalue weighted by Gasteiger charge is -2.58. The zero-order chi connectivity index (χ0) is 37.2. The summed E-state index contributed by atoms with van der Waals surface area (Å²) in [5, 5.41) is 46.7. The largest absolute Gasteiger partial charge is 0.481 e. The van der Waals surface area contributed by atoms with Crippen molar-refractivity contribution in [1.82, 2.24) is 0 Å². The van der Waals surface area contributed by atoms with Gasteiger partial charge in [-0.3, -0.25) is 19.2 Å². The van der Waals surface area contributed by atoms with E-state index in [-0.39, 0.29) is 79.4 Å². The van der Waals surface area contributed by atoms with Crippen LogP contribution in [-0.4, -0.2) is 81.0 Å². The highest BCUT2D eigenvalue weighted by atomic mass is 17.0. The highest BCUT2D eigenvalue weighted by Crippen LogP contribution is 2.66. The van der Waals surface area contributed by atoms with E-state index in [4.69, 9.17) is 9.84 Å². The van der Waals surface area contributed by atoms with Crippen molar-refractivity contribution in [3.63, 3.8) is 0 Å². The molecule has 4 rings (SSSR count). The zero-order valence-corrected chi connectivity index (χ0v) is 27.8. The van der Waals surface area contributed by atoms with Crippen molar-refractivity contribution in [2.24, 2.45) is 34.5 Å². The summed E-state index contributed by atoms with van der Waals surface area (Å²) < 4.78 is 5.22. The predicted molar refractivity (Wildman–Crippen MR) is 166 cm³/mol. The van der Waals surface area contributed by atoms with Crippen molar-refractivity contribution in [1.29, 1.82) is 0 Å². The Morgan fingerprint density at radius 1 is 1.00 bits per heavy atom. The van der Waals surface area contributed by atoms with E-state index in [9.17, 15) is 54.6 Å². The number of hydrogen-bond donors (Lipinski definition) is 2.